The number of aromatic nitrogens is 3. The van der Waals surface area contributed by atoms with Gasteiger partial charge in [-0.25, -0.2) is 9.78 Å². The third kappa shape index (κ3) is 5.32. The summed E-state index contributed by atoms with van der Waals surface area (Å²) in [6.45, 7) is 2.12. The second kappa shape index (κ2) is 9.70. The highest BCUT2D eigenvalue weighted by atomic mass is 32.2. The first kappa shape index (κ1) is 20.3. The first-order valence-corrected chi connectivity index (χ1v) is 10.9. The van der Waals surface area contributed by atoms with Crippen molar-refractivity contribution in [1.82, 2.24) is 15.0 Å². The molecule has 0 atom stereocenters. The molecule has 7 nitrogen and oxygen atoms in total. The molecular weight excluding hydrogens is 398 g/mol. The van der Waals surface area contributed by atoms with Crippen LogP contribution in [0.1, 0.15) is 48.8 Å². The minimum Gasteiger partial charge on any atom is -0.466 e. The van der Waals surface area contributed by atoms with E-state index in [1.165, 1.54) is 11.8 Å². The summed E-state index contributed by atoms with van der Waals surface area (Å²) in [6, 6.07) is 7.88. The van der Waals surface area contributed by atoms with Crippen LogP contribution < -0.4 is 5.69 Å². The highest BCUT2D eigenvalue weighted by molar-refractivity contribution is 8.00. The number of esters is 1. The number of nitrogens with one attached hydrogen (secondary N) is 2. The third-order valence-corrected chi connectivity index (χ3v) is 6.24. The Hall–Kier alpha value is -2.39. The average molecular weight is 420 g/mol. The number of hydrogen-bond donors (Lipinski definition) is 2. The van der Waals surface area contributed by atoms with Crippen molar-refractivity contribution in [2.24, 2.45) is 0 Å². The summed E-state index contributed by atoms with van der Waals surface area (Å²) >= 11 is 3.07. The zero-order chi connectivity index (χ0) is 19.9. The van der Waals surface area contributed by atoms with Gasteiger partial charge < -0.3 is 14.7 Å². The molecule has 2 heterocycles. The van der Waals surface area contributed by atoms with Crippen LogP contribution in [0.4, 0.5) is 0 Å². The number of rotatable bonds is 10. The van der Waals surface area contributed by atoms with Gasteiger partial charge in [-0.05, 0) is 31.9 Å². The number of thiazole rings is 1. The first-order chi connectivity index (χ1) is 13.6. The second-order valence-corrected chi connectivity index (χ2v) is 8.36. The number of ether oxygens (including phenoxy) is 1. The van der Waals surface area contributed by atoms with E-state index >= 15 is 0 Å². The molecule has 0 radical (unpaired) electrons. The molecule has 0 aliphatic heterocycles. The van der Waals surface area contributed by atoms with Gasteiger partial charge in [-0.2, -0.15) is 0 Å². The number of carbonyl (C=O) groups excluding carboxylic acids is 2. The summed E-state index contributed by atoms with van der Waals surface area (Å²) in [5.41, 5.74) is 1.43. The van der Waals surface area contributed by atoms with Crippen LogP contribution in [-0.2, 0) is 15.3 Å². The fourth-order valence-corrected chi connectivity index (χ4v) is 4.75. The number of carbonyl (C=O) groups is 2. The quantitative estimate of drug-likeness (QED) is 0.223. The summed E-state index contributed by atoms with van der Waals surface area (Å²) in [5, 5.41) is 0. The Morgan fingerprint density at radius 1 is 1.18 bits per heavy atom. The molecule has 0 spiro atoms. The predicted molar refractivity (Wildman–Crippen MR) is 110 cm³/mol. The van der Waals surface area contributed by atoms with Crippen molar-refractivity contribution in [3.8, 4) is 0 Å². The zero-order valence-electron chi connectivity index (χ0n) is 15.4. The molecule has 9 heteroatoms. The Bertz CT molecular complexity index is 989. The Balaban J connectivity index is 1.56. The van der Waals surface area contributed by atoms with Crippen molar-refractivity contribution in [3.05, 3.63) is 46.1 Å². The highest BCUT2D eigenvalue weighted by Gasteiger charge is 2.16. The number of nitrogens with zero attached hydrogens (tertiary/aromatic N) is 1. The lowest BCUT2D eigenvalue weighted by molar-refractivity contribution is -0.143. The van der Waals surface area contributed by atoms with E-state index in [1.54, 1.807) is 18.3 Å². The van der Waals surface area contributed by atoms with Gasteiger partial charge in [-0.15, -0.1) is 11.3 Å². The lowest BCUT2D eigenvalue weighted by atomic mass is 10.1. The van der Waals surface area contributed by atoms with Crippen molar-refractivity contribution in [2.45, 2.75) is 42.7 Å². The first-order valence-electron chi connectivity index (χ1n) is 9.05. The fraction of sp³-hybridized carbons (Fsp3) is 0.368. The maximum atomic E-state index is 12.5. The minimum atomic E-state index is -0.394. The lowest BCUT2D eigenvalue weighted by Gasteiger charge is -2.03. The van der Waals surface area contributed by atoms with Crippen LogP contribution in [-0.4, -0.2) is 33.3 Å². The van der Waals surface area contributed by atoms with Crippen LogP contribution in [0.5, 0.6) is 0 Å². The molecule has 0 aliphatic rings. The van der Waals surface area contributed by atoms with Crippen LogP contribution in [0.25, 0.3) is 10.2 Å². The van der Waals surface area contributed by atoms with Gasteiger partial charge in [0.15, 0.2) is 10.1 Å². The normalized spacial score (nSPS) is 11.0. The number of benzene rings is 1. The molecule has 0 saturated heterocycles. The maximum absolute atomic E-state index is 12.5. The van der Waals surface area contributed by atoms with Gasteiger partial charge in [0.05, 0.1) is 22.5 Å². The van der Waals surface area contributed by atoms with Gasteiger partial charge in [0.2, 0.25) is 0 Å². The van der Waals surface area contributed by atoms with E-state index in [1.807, 2.05) is 24.3 Å². The zero-order valence-corrected chi connectivity index (χ0v) is 17.1. The smallest absolute Gasteiger partial charge is 0.323 e. The molecule has 2 N–H and O–H groups in total. The lowest BCUT2D eigenvalue weighted by Crippen LogP contribution is -2.07. The molecule has 0 saturated carbocycles. The van der Waals surface area contributed by atoms with E-state index in [9.17, 15) is 14.4 Å². The topological polar surface area (TPSA) is 105 Å². The number of H-pyrrole nitrogens is 2. The Morgan fingerprint density at radius 3 is 2.75 bits per heavy atom. The molecule has 3 rings (SSSR count). The molecule has 1 aromatic carbocycles. The van der Waals surface area contributed by atoms with Crippen LogP contribution >= 0.6 is 23.1 Å². The Kier molecular flexibility index (Phi) is 7.05. The van der Waals surface area contributed by atoms with Crippen LogP contribution in [0, 0.1) is 0 Å². The number of para-hydroxylation sites is 1. The number of imidazole rings is 1. The summed E-state index contributed by atoms with van der Waals surface area (Å²) in [7, 11) is 0. The summed E-state index contributed by atoms with van der Waals surface area (Å²) < 4.78 is 6.86. The standard InChI is InChI=1S/C19H21N3O4S2/c1-2-26-16(24)10-6-4-8-14(23)17-13(20-18(25)22-17)11-27-19-21-12-7-3-5-9-15(12)28-19/h3,5,7,9H,2,4,6,8,10-11H2,1H3,(H2,20,22,25). The number of thioether (sulfide) groups is 1. The Morgan fingerprint density at radius 2 is 1.96 bits per heavy atom. The minimum absolute atomic E-state index is 0.137. The SMILES string of the molecule is CCOC(=O)CCCCC(=O)c1[nH]c(=O)[nH]c1CSc1nc2ccccc2s1. The molecule has 28 heavy (non-hydrogen) atoms. The molecule has 0 unspecified atom stereocenters. The average Bonchev–Trinajstić information content (AvgIpc) is 3.26. The van der Waals surface area contributed by atoms with Crippen molar-refractivity contribution in [1.29, 1.82) is 0 Å². The molecule has 2 aromatic heterocycles. The number of fused-ring (bicyclic) bond motifs is 1. The monoisotopic (exact) mass is 419 g/mol. The highest BCUT2D eigenvalue weighted by Crippen LogP contribution is 2.31. The predicted octanol–water partition coefficient (Wildman–Crippen LogP) is 3.91. The van der Waals surface area contributed by atoms with E-state index in [0.29, 0.717) is 43.0 Å². The molecular formula is C19H21N3O4S2. The molecule has 0 aliphatic carbocycles. The van der Waals surface area contributed by atoms with Gasteiger partial charge in [0.1, 0.15) is 5.69 Å². The van der Waals surface area contributed by atoms with Crippen LogP contribution in [0.3, 0.4) is 0 Å². The van der Waals surface area contributed by atoms with E-state index in [4.69, 9.17) is 4.74 Å². The largest absolute Gasteiger partial charge is 0.466 e. The van der Waals surface area contributed by atoms with Crippen LogP contribution in [0.15, 0.2) is 33.4 Å². The van der Waals surface area contributed by atoms with E-state index in [2.05, 4.69) is 15.0 Å². The maximum Gasteiger partial charge on any atom is 0.323 e. The number of ketones is 1. The van der Waals surface area contributed by atoms with E-state index in [-0.39, 0.29) is 18.2 Å². The summed E-state index contributed by atoms with van der Waals surface area (Å²) in [4.78, 5) is 45.4. The fourth-order valence-electron chi connectivity index (χ4n) is 2.73. The molecule has 0 amide bonds. The van der Waals surface area contributed by atoms with E-state index in [0.717, 1.165) is 14.6 Å². The molecule has 0 fully saturated rings. The van der Waals surface area contributed by atoms with Gasteiger partial charge in [-0.3, -0.25) is 9.59 Å². The number of hydrogen-bond acceptors (Lipinski definition) is 7. The molecule has 3 aromatic rings. The van der Waals surface area contributed by atoms with Gasteiger partial charge in [0, 0.05) is 18.6 Å². The van der Waals surface area contributed by atoms with E-state index < -0.39 is 5.69 Å². The van der Waals surface area contributed by atoms with Gasteiger partial charge in [-0.1, -0.05) is 23.9 Å². The van der Waals surface area contributed by atoms with Gasteiger partial charge >= 0.3 is 11.7 Å². The van der Waals surface area contributed by atoms with Crippen molar-refractivity contribution >= 4 is 45.1 Å². The Labute approximate surface area is 169 Å². The van der Waals surface area contributed by atoms with Crippen molar-refractivity contribution in [2.75, 3.05) is 6.61 Å². The number of Topliss-reactive ketones (excluding diaryl/α,β-unsaturated/α-hetero) is 1. The van der Waals surface area contributed by atoms with Crippen LogP contribution in [0.2, 0.25) is 0 Å². The molecule has 0 bridgehead atoms. The number of unbranched alkanes of at least 4 members (excludes halogenated alkanes) is 1. The molecule has 148 valence electrons. The third-order valence-electron chi connectivity index (χ3n) is 4.04. The van der Waals surface area contributed by atoms with Crippen molar-refractivity contribution < 1.29 is 14.3 Å². The second-order valence-electron chi connectivity index (χ2n) is 6.10. The van der Waals surface area contributed by atoms with Crippen molar-refractivity contribution in [3.63, 3.8) is 0 Å². The van der Waals surface area contributed by atoms with Gasteiger partial charge in [0.25, 0.3) is 0 Å². The number of aromatic amines is 2. The summed E-state index contributed by atoms with van der Waals surface area (Å²) in [5.74, 6) is 0.0580. The summed E-state index contributed by atoms with van der Waals surface area (Å²) in [6.07, 6.45) is 1.71.